The Morgan fingerprint density at radius 3 is 2.35 bits per heavy atom. The van der Waals surface area contributed by atoms with E-state index in [0.717, 1.165) is 12.3 Å². The van der Waals surface area contributed by atoms with Gasteiger partial charge in [-0.15, -0.1) is 0 Å². The molecule has 3 nitrogen and oxygen atoms in total. The zero-order valence-electron chi connectivity index (χ0n) is 14.0. The number of nitrogens with one attached hydrogen (secondary N) is 1. The van der Waals surface area contributed by atoms with Gasteiger partial charge in [-0.2, -0.15) is 0 Å². The fraction of sp³-hybridized carbons (Fsp3) is 0.647. The van der Waals surface area contributed by atoms with Crippen LogP contribution in [0.15, 0.2) is 12.1 Å². The molecule has 0 radical (unpaired) electrons. The third kappa shape index (κ3) is 4.50. The molecule has 1 rings (SSSR count). The Balaban J connectivity index is 3.05. The molecule has 1 unspecified atom stereocenters. The van der Waals surface area contributed by atoms with Crippen LogP contribution in [-0.2, 0) is 4.74 Å². The first-order chi connectivity index (χ1) is 9.30. The maximum absolute atomic E-state index is 5.95. The van der Waals surface area contributed by atoms with E-state index in [4.69, 9.17) is 9.47 Å². The van der Waals surface area contributed by atoms with E-state index in [1.54, 1.807) is 7.11 Å². The van der Waals surface area contributed by atoms with Crippen molar-refractivity contribution in [1.82, 2.24) is 5.32 Å². The van der Waals surface area contributed by atoms with Crippen molar-refractivity contribution in [2.75, 3.05) is 20.3 Å². The van der Waals surface area contributed by atoms with Crippen LogP contribution in [0.5, 0.6) is 5.75 Å². The zero-order valence-corrected chi connectivity index (χ0v) is 14.0. The minimum absolute atomic E-state index is 0.138. The van der Waals surface area contributed by atoms with E-state index in [0.29, 0.717) is 6.61 Å². The van der Waals surface area contributed by atoms with Gasteiger partial charge in [-0.1, -0.05) is 19.1 Å². The molecule has 0 fully saturated rings. The topological polar surface area (TPSA) is 30.5 Å². The third-order valence-corrected chi connectivity index (χ3v) is 3.42. The van der Waals surface area contributed by atoms with Gasteiger partial charge in [0.1, 0.15) is 5.75 Å². The molecule has 20 heavy (non-hydrogen) atoms. The second-order valence-electron chi connectivity index (χ2n) is 6.16. The fourth-order valence-corrected chi connectivity index (χ4v) is 2.19. The molecule has 0 saturated carbocycles. The van der Waals surface area contributed by atoms with Crippen molar-refractivity contribution < 1.29 is 9.47 Å². The summed E-state index contributed by atoms with van der Waals surface area (Å²) in [6.07, 6.45) is 0. The molecule has 0 spiro atoms. The standard InChI is InChI=1S/C17H29NO2/c1-8-18-15(11-20-17(4,5)6)14-10-9-12(2)13(3)16(14)19-7/h9-10,15,18H,8,11H2,1-7H3. The normalized spacial score (nSPS) is 13.3. The average Bonchev–Trinajstić information content (AvgIpc) is 2.37. The summed E-state index contributed by atoms with van der Waals surface area (Å²) in [7, 11) is 1.74. The number of aryl methyl sites for hydroxylation is 1. The Kier molecular flexibility index (Phi) is 6.03. The van der Waals surface area contributed by atoms with Crippen LogP contribution in [0, 0.1) is 13.8 Å². The van der Waals surface area contributed by atoms with Crippen molar-refractivity contribution in [1.29, 1.82) is 0 Å². The van der Waals surface area contributed by atoms with Crippen molar-refractivity contribution in [2.45, 2.75) is 53.2 Å². The highest BCUT2D eigenvalue weighted by Gasteiger charge is 2.20. The van der Waals surface area contributed by atoms with Crippen LogP contribution in [0.1, 0.15) is 50.4 Å². The highest BCUT2D eigenvalue weighted by molar-refractivity contribution is 5.46. The van der Waals surface area contributed by atoms with Crippen molar-refractivity contribution in [2.24, 2.45) is 0 Å². The molecule has 1 atom stereocenters. The molecule has 1 aromatic rings. The van der Waals surface area contributed by atoms with E-state index in [9.17, 15) is 0 Å². The lowest BCUT2D eigenvalue weighted by Crippen LogP contribution is -2.30. The molecule has 1 N–H and O–H groups in total. The number of hydrogen-bond donors (Lipinski definition) is 1. The SMILES string of the molecule is CCNC(COC(C)(C)C)c1ccc(C)c(C)c1OC. The van der Waals surface area contributed by atoms with Crippen LogP contribution >= 0.6 is 0 Å². The summed E-state index contributed by atoms with van der Waals surface area (Å²) in [4.78, 5) is 0. The number of rotatable bonds is 6. The van der Waals surface area contributed by atoms with Gasteiger partial charge in [0.2, 0.25) is 0 Å². The van der Waals surface area contributed by atoms with Gasteiger partial charge in [0.15, 0.2) is 0 Å². The third-order valence-electron chi connectivity index (χ3n) is 3.42. The monoisotopic (exact) mass is 279 g/mol. The Labute approximate surface area is 123 Å². The quantitative estimate of drug-likeness (QED) is 0.859. The molecule has 0 saturated heterocycles. The number of ether oxygens (including phenoxy) is 2. The van der Waals surface area contributed by atoms with E-state index >= 15 is 0 Å². The van der Waals surface area contributed by atoms with Crippen LogP contribution in [0.2, 0.25) is 0 Å². The summed E-state index contributed by atoms with van der Waals surface area (Å²) in [6, 6.07) is 4.43. The summed E-state index contributed by atoms with van der Waals surface area (Å²) in [5, 5.41) is 3.49. The van der Waals surface area contributed by atoms with Crippen molar-refractivity contribution >= 4 is 0 Å². The smallest absolute Gasteiger partial charge is 0.126 e. The lowest BCUT2D eigenvalue weighted by atomic mass is 9.99. The van der Waals surface area contributed by atoms with Crippen molar-refractivity contribution in [3.8, 4) is 5.75 Å². The average molecular weight is 279 g/mol. The van der Waals surface area contributed by atoms with Crippen LogP contribution < -0.4 is 10.1 Å². The Hall–Kier alpha value is -1.06. The van der Waals surface area contributed by atoms with E-state index in [1.807, 2.05) is 0 Å². The Morgan fingerprint density at radius 2 is 1.85 bits per heavy atom. The molecule has 0 aliphatic heterocycles. The zero-order chi connectivity index (χ0) is 15.3. The number of hydrogen-bond acceptors (Lipinski definition) is 3. The van der Waals surface area contributed by atoms with E-state index in [2.05, 4.69) is 59.0 Å². The van der Waals surface area contributed by atoms with Crippen LogP contribution in [0.25, 0.3) is 0 Å². The van der Waals surface area contributed by atoms with Crippen LogP contribution in [-0.4, -0.2) is 25.9 Å². The minimum atomic E-state index is -0.138. The predicted octanol–water partition coefficient (Wildman–Crippen LogP) is 3.78. The van der Waals surface area contributed by atoms with Gasteiger partial charge in [0.25, 0.3) is 0 Å². The lowest BCUT2D eigenvalue weighted by molar-refractivity contribution is -0.0148. The summed E-state index contributed by atoms with van der Waals surface area (Å²) >= 11 is 0. The molecule has 0 amide bonds. The summed E-state index contributed by atoms with van der Waals surface area (Å²) in [6.45, 7) is 14.1. The van der Waals surface area contributed by atoms with Crippen LogP contribution in [0.4, 0.5) is 0 Å². The molecule has 0 heterocycles. The molecular weight excluding hydrogens is 250 g/mol. The molecular formula is C17H29NO2. The number of methoxy groups -OCH3 is 1. The molecule has 0 aliphatic carbocycles. The summed E-state index contributed by atoms with van der Waals surface area (Å²) in [5.74, 6) is 0.966. The molecule has 0 aliphatic rings. The summed E-state index contributed by atoms with van der Waals surface area (Å²) < 4.78 is 11.6. The predicted molar refractivity (Wildman–Crippen MR) is 84.6 cm³/mol. The maximum Gasteiger partial charge on any atom is 0.126 e. The molecule has 0 aromatic heterocycles. The Morgan fingerprint density at radius 1 is 1.20 bits per heavy atom. The highest BCUT2D eigenvalue weighted by Crippen LogP contribution is 2.31. The first kappa shape index (κ1) is 17.0. The molecule has 0 bridgehead atoms. The van der Waals surface area contributed by atoms with Crippen molar-refractivity contribution in [3.63, 3.8) is 0 Å². The minimum Gasteiger partial charge on any atom is -0.496 e. The highest BCUT2D eigenvalue weighted by atomic mass is 16.5. The van der Waals surface area contributed by atoms with Gasteiger partial charge in [-0.25, -0.2) is 0 Å². The van der Waals surface area contributed by atoms with E-state index in [1.165, 1.54) is 16.7 Å². The second kappa shape index (κ2) is 7.09. The Bertz CT molecular complexity index is 435. The second-order valence-corrected chi connectivity index (χ2v) is 6.16. The molecule has 114 valence electrons. The van der Waals surface area contributed by atoms with Gasteiger partial charge < -0.3 is 14.8 Å². The van der Waals surface area contributed by atoms with E-state index < -0.39 is 0 Å². The van der Waals surface area contributed by atoms with Gasteiger partial charge in [0.05, 0.1) is 25.4 Å². The number of benzene rings is 1. The van der Waals surface area contributed by atoms with E-state index in [-0.39, 0.29) is 11.6 Å². The maximum atomic E-state index is 5.95. The molecule has 1 aromatic carbocycles. The first-order valence-electron chi connectivity index (χ1n) is 7.31. The largest absolute Gasteiger partial charge is 0.496 e. The summed E-state index contributed by atoms with van der Waals surface area (Å²) in [5.41, 5.74) is 3.48. The lowest BCUT2D eigenvalue weighted by Gasteiger charge is -2.27. The van der Waals surface area contributed by atoms with Gasteiger partial charge in [-0.05, 0) is 52.3 Å². The van der Waals surface area contributed by atoms with Crippen LogP contribution in [0.3, 0.4) is 0 Å². The number of likely N-dealkylation sites (N-methyl/N-ethyl adjacent to an activating group) is 1. The van der Waals surface area contributed by atoms with Gasteiger partial charge in [-0.3, -0.25) is 0 Å². The first-order valence-corrected chi connectivity index (χ1v) is 7.31. The fourth-order valence-electron chi connectivity index (χ4n) is 2.19. The molecule has 3 heteroatoms. The van der Waals surface area contributed by atoms with Crippen molar-refractivity contribution in [3.05, 3.63) is 28.8 Å². The van der Waals surface area contributed by atoms with Gasteiger partial charge >= 0.3 is 0 Å². The van der Waals surface area contributed by atoms with Gasteiger partial charge in [0, 0.05) is 5.56 Å².